The Morgan fingerprint density at radius 1 is 1.41 bits per heavy atom. The molecule has 27 heavy (non-hydrogen) atoms. The maximum absolute atomic E-state index is 12.5. The van der Waals surface area contributed by atoms with Crippen molar-refractivity contribution in [3.8, 4) is 5.75 Å². The van der Waals surface area contributed by atoms with E-state index in [-0.39, 0.29) is 28.7 Å². The topological polar surface area (TPSA) is 85.3 Å². The van der Waals surface area contributed by atoms with Crippen molar-refractivity contribution in [1.29, 1.82) is 0 Å². The minimum Gasteiger partial charge on any atom is -0.495 e. The first-order valence-electron chi connectivity index (χ1n) is 8.62. The molecule has 1 aromatic rings. The van der Waals surface area contributed by atoms with E-state index in [1.54, 1.807) is 18.2 Å². The van der Waals surface area contributed by atoms with Crippen molar-refractivity contribution in [2.24, 2.45) is 4.99 Å². The van der Waals surface area contributed by atoms with Gasteiger partial charge in [0.25, 0.3) is 5.91 Å². The highest BCUT2D eigenvalue weighted by Gasteiger charge is 2.49. The lowest BCUT2D eigenvalue weighted by molar-refractivity contribution is -0.126. The summed E-state index contributed by atoms with van der Waals surface area (Å²) >= 11 is 7.60. The van der Waals surface area contributed by atoms with Gasteiger partial charge in [0.15, 0.2) is 15.0 Å². The zero-order valence-corrected chi connectivity index (χ0v) is 17.0. The Balaban J connectivity index is 1.70. The fourth-order valence-corrected chi connectivity index (χ4v) is 7.78. The van der Waals surface area contributed by atoms with Gasteiger partial charge in [-0.25, -0.2) is 8.42 Å². The number of carbonyl (C=O) groups is 1. The van der Waals surface area contributed by atoms with Crippen LogP contribution < -0.4 is 9.64 Å². The van der Waals surface area contributed by atoms with Gasteiger partial charge in [-0.2, -0.15) is 4.99 Å². The molecule has 3 atom stereocenters. The molecule has 0 unspecified atom stereocenters. The second-order valence-electron chi connectivity index (χ2n) is 6.72. The number of halogens is 1. The summed E-state index contributed by atoms with van der Waals surface area (Å²) < 4.78 is 34.8. The van der Waals surface area contributed by atoms with Crippen LogP contribution in [0.1, 0.15) is 12.8 Å². The summed E-state index contributed by atoms with van der Waals surface area (Å²) in [5, 5.41) is 0.752. The van der Waals surface area contributed by atoms with Gasteiger partial charge in [-0.15, -0.1) is 0 Å². The highest BCUT2D eigenvalue weighted by atomic mass is 35.5. The fourth-order valence-electron chi connectivity index (χ4n) is 3.61. The van der Waals surface area contributed by atoms with Crippen LogP contribution in [-0.4, -0.2) is 62.1 Å². The molecule has 1 amide bonds. The number of benzene rings is 1. The largest absolute Gasteiger partial charge is 0.495 e. The van der Waals surface area contributed by atoms with E-state index in [1.807, 2.05) is 4.90 Å². The molecule has 10 heteroatoms. The maximum Gasteiger partial charge on any atom is 0.277 e. The van der Waals surface area contributed by atoms with Crippen LogP contribution in [0.4, 0.5) is 5.69 Å². The standard InChI is InChI=1S/C17H19ClN2O5S2/c1-24-13-5-4-10(7-11(13)18)20-12-8-27(22,23)9-15(12)26-17(20)19-16(21)14-3-2-6-25-14/h4-5,7,12,14-15H,2-3,6,8-9H2,1H3/t12-,14-,15-/m0/s1. The molecule has 0 spiro atoms. The van der Waals surface area contributed by atoms with Crippen LogP contribution in [-0.2, 0) is 19.4 Å². The van der Waals surface area contributed by atoms with E-state index in [0.717, 1.165) is 6.42 Å². The average Bonchev–Trinajstić information content (AvgIpc) is 3.29. The van der Waals surface area contributed by atoms with E-state index in [0.29, 0.717) is 34.7 Å². The maximum atomic E-state index is 12.5. The number of nitrogens with zero attached hydrogens (tertiary/aromatic N) is 2. The number of anilines is 1. The predicted octanol–water partition coefficient (Wildman–Crippen LogP) is 2.13. The van der Waals surface area contributed by atoms with Crippen molar-refractivity contribution >= 4 is 50.0 Å². The molecule has 3 fully saturated rings. The van der Waals surface area contributed by atoms with Crippen molar-refractivity contribution in [1.82, 2.24) is 0 Å². The van der Waals surface area contributed by atoms with E-state index in [2.05, 4.69) is 4.99 Å². The summed E-state index contributed by atoms with van der Waals surface area (Å²) in [5.41, 5.74) is 0.691. The fraction of sp³-hybridized carbons (Fsp3) is 0.529. The van der Waals surface area contributed by atoms with Gasteiger partial charge in [-0.05, 0) is 31.0 Å². The van der Waals surface area contributed by atoms with Gasteiger partial charge in [0, 0.05) is 17.5 Å². The number of amidine groups is 1. The van der Waals surface area contributed by atoms with E-state index < -0.39 is 15.9 Å². The first kappa shape index (κ1) is 19.0. The van der Waals surface area contributed by atoms with Crippen LogP contribution in [0, 0.1) is 0 Å². The molecule has 0 radical (unpaired) electrons. The summed E-state index contributed by atoms with van der Waals surface area (Å²) in [7, 11) is -1.59. The van der Waals surface area contributed by atoms with Crippen molar-refractivity contribution in [2.45, 2.75) is 30.2 Å². The molecule has 3 aliphatic rings. The third kappa shape index (κ3) is 3.70. The van der Waals surface area contributed by atoms with Crippen LogP contribution in [0.5, 0.6) is 5.75 Å². The predicted molar refractivity (Wildman–Crippen MR) is 106 cm³/mol. The number of sulfone groups is 1. The molecular formula is C17H19ClN2O5S2. The van der Waals surface area contributed by atoms with E-state index >= 15 is 0 Å². The molecule has 3 saturated heterocycles. The normalized spacial score (nSPS) is 30.7. The summed E-state index contributed by atoms with van der Waals surface area (Å²) in [6.07, 6.45) is 0.995. The van der Waals surface area contributed by atoms with E-state index in [1.165, 1.54) is 18.9 Å². The molecule has 0 aliphatic carbocycles. The Kier molecular flexibility index (Phi) is 5.13. The van der Waals surface area contributed by atoms with Gasteiger partial charge in [-0.1, -0.05) is 23.4 Å². The number of ether oxygens (including phenoxy) is 2. The van der Waals surface area contributed by atoms with Gasteiger partial charge in [0.1, 0.15) is 11.9 Å². The number of thioether (sulfide) groups is 1. The summed E-state index contributed by atoms with van der Waals surface area (Å²) in [5.74, 6) is 0.316. The van der Waals surface area contributed by atoms with Crippen molar-refractivity contribution in [2.75, 3.05) is 30.1 Å². The Morgan fingerprint density at radius 3 is 2.89 bits per heavy atom. The molecule has 146 valence electrons. The van der Waals surface area contributed by atoms with E-state index in [4.69, 9.17) is 21.1 Å². The smallest absolute Gasteiger partial charge is 0.277 e. The quantitative estimate of drug-likeness (QED) is 0.726. The molecular weight excluding hydrogens is 412 g/mol. The molecule has 4 rings (SSSR count). The SMILES string of the molecule is COc1ccc(N2C(=NC(=O)[C@@H]3CCCO3)S[C@H]3CS(=O)(=O)C[C@@H]32)cc1Cl. The molecule has 3 heterocycles. The van der Waals surface area contributed by atoms with Gasteiger partial charge in [0.05, 0.1) is 29.7 Å². The first-order chi connectivity index (χ1) is 12.9. The number of methoxy groups -OCH3 is 1. The second-order valence-corrected chi connectivity index (χ2v) is 10.5. The summed E-state index contributed by atoms with van der Waals surface area (Å²) in [6.45, 7) is 0.565. The summed E-state index contributed by atoms with van der Waals surface area (Å²) in [4.78, 5) is 18.6. The number of hydrogen-bond acceptors (Lipinski definition) is 6. The average molecular weight is 431 g/mol. The van der Waals surface area contributed by atoms with Crippen LogP contribution in [0.15, 0.2) is 23.2 Å². The molecule has 0 saturated carbocycles. The summed E-state index contributed by atoms with van der Waals surface area (Å²) in [6, 6.07) is 4.95. The Morgan fingerprint density at radius 2 is 2.22 bits per heavy atom. The third-order valence-corrected chi connectivity index (χ3v) is 8.40. The first-order valence-corrected chi connectivity index (χ1v) is 11.7. The molecule has 0 aromatic heterocycles. The Labute approximate surface area is 167 Å². The number of rotatable bonds is 3. The lowest BCUT2D eigenvalue weighted by Gasteiger charge is -2.25. The van der Waals surface area contributed by atoms with Gasteiger partial charge >= 0.3 is 0 Å². The number of amides is 1. The highest BCUT2D eigenvalue weighted by molar-refractivity contribution is 8.16. The van der Waals surface area contributed by atoms with Crippen molar-refractivity contribution in [3.63, 3.8) is 0 Å². The molecule has 0 bridgehead atoms. The van der Waals surface area contributed by atoms with Gasteiger partial charge in [0.2, 0.25) is 0 Å². The van der Waals surface area contributed by atoms with Crippen molar-refractivity contribution in [3.05, 3.63) is 23.2 Å². The minimum atomic E-state index is -3.12. The van der Waals surface area contributed by atoms with Crippen LogP contribution in [0.3, 0.4) is 0 Å². The minimum absolute atomic E-state index is 0.0292. The van der Waals surface area contributed by atoms with Gasteiger partial charge < -0.3 is 14.4 Å². The molecule has 1 aromatic carbocycles. The number of hydrogen-bond donors (Lipinski definition) is 0. The lowest BCUT2D eigenvalue weighted by atomic mass is 10.2. The number of fused-ring (bicyclic) bond motifs is 1. The van der Waals surface area contributed by atoms with Crippen LogP contribution in [0.2, 0.25) is 5.02 Å². The molecule has 7 nitrogen and oxygen atoms in total. The molecule has 3 aliphatic heterocycles. The van der Waals surface area contributed by atoms with Crippen molar-refractivity contribution < 1.29 is 22.7 Å². The van der Waals surface area contributed by atoms with E-state index in [9.17, 15) is 13.2 Å². The zero-order chi connectivity index (χ0) is 19.2. The van der Waals surface area contributed by atoms with Gasteiger partial charge in [-0.3, -0.25) is 4.79 Å². The van der Waals surface area contributed by atoms with Crippen LogP contribution in [0.25, 0.3) is 0 Å². The monoisotopic (exact) mass is 430 g/mol. The van der Waals surface area contributed by atoms with Crippen LogP contribution >= 0.6 is 23.4 Å². The molecule has 0 N–H and O–H groups in total. The Bertz CT molecular complexity index is 899. The second kappa shape index (κ2) is 7.27. The lowest BCUT2D eigenvalue weighted by Crippen LogP contribution is -2.38. The number of carbonyl (C=O) groups excluding carboxylic acids is 1. The Hall–Kier alpha value is -1.29. The third-order valence-electron chi connectivity index (χ3n) is 4.89. The number of aliphatic imine (C=N–C) groups is 1. The highest BCUT2D eigenvalue weighted by Crippen LogP contribution is 2.42. The zero-order valence-electron chi connectivity index (χ0n) is 14.6.